The predicted octanol–water partition coefficient (Wildman–Crippen LogP) is 7.57. The van der Waals surface area contributed by atoms with Crippen molar-refractivity contribution in [3.8, 4) is 0 Å². The minimum Gasteiger partial charge on any atom is -0.368 e. The van der Waals surface area contributed by atoms with Crippen LogP contribution in [-0.4, -0.2) is 62.5 Å². The molecule has 1 fully saturated rings. The summed E-state index contributed by atoms with van der Waals surface area (Å²) in [6, 6.07) is 22.2. The molecule has 3 aromatic carbocycles. The number of anilines is 1. The lowest BCUT2D eigenvalue weighted by atomic mass is 9.87. The number of carbonyl (C=O) groups is 1. The van der Waals surface area contributed by atoms with E-state index >= 15 is 0 Å². The fourth-order valence-electron chi connectivity index (χ4n) is 5.84. The van der Waals surface area contributed by atoms with Gasteiger partial charge in [0.15, 0.2) is 5.65 Å². The van der Waals surface area contributed by atoms with Crippen LogP contribution in [0, 0.1) is 0 Å². The molecule has 240 valence electrons. The van der Waals surface area contributed by atoms with Crippen molar-refractivity contribution >= 4 is 45.4 Å². The second-order valence-electron chi connectivity index (χ2n) is 12.7. The number of para-hydroxylation sites is 1. The summed E-state index contributed by atoms with van der Waals surface area (Å²) in [5.41, 5.74) is 5.03. The van der Waals surface area contributed by atoms with Gasteiger partial charge in [-0.1, -0.05) is 81.1 Å². The van der Waals surface area contributed by atoms with E-state index in [1.165, 1.54) is 35.0 Å². The highest BCUT2D eigenvalue weighted by Gasteiger charge is 2.31. The van der Waals surface area contributed by atoms with E-state index in [1.54, 1.807) is 11.0 Å². The molecule has 1 aliphatic rings. The second-order valence-corrected chi connectivity index (χ2v) is 13.7. The lowest BCUT2D eigenvalue weighted by Crippen LogP contribution is -2.48. The molecular formula is C35H37F3N6OS. The largest absolute Gasteiger partial charge is 0.416 e. The molecule has 2 aromatic heterocycles. The Hall–Kier alpha value is -4.12. The maximum absolute atomic E-state index is 13.1. The van der Waals surface area contributed by atoms with E-state index in [-0.39, 0.29) is 11.3 Å². The van der Waals surface area contributed by atoms with Crippen LogP contribution in [0.25, 0.3) is 22.1 Å². The summed E-state index contributed by atoms with van der Waals surface area (Å²) in [6.07, 6.45) is -3.34. The van der Waals surface area contributed by atoms with Crippen molar-refractivity contribution in [3.05, 3.63) is 89.5 Å². The number of carbonyl (C=O) groups excluding carboxylic acids is 1. The molecule has 1 amide bonds. The summed E-state index contributed by atoms with van der Waals surface area (Å²) >= 11 is 1.49. The zero-order valence-corrected chi connectivity index (χ0v) is 27.0. The Bertz CT molecular complexity index is 1840. The smallest absolute Gasteiger partial charge is 0.368 e. The Kier molecular flexibility index (Phi) is 8.96. The van der Waals surface area contributed by atoms with Crippen molar-refractivity contribution in [2.45, 2.75) is 56.9 Å². The van der Waals surface area contributed by atoms with Crippen LogP contribution in [0.1, 0.15) is 50.3 Å². The van der Waals surface area contributed by atoms with Crippen LogP contribution < -0.4 is 4.90 Å². The highest BCUT2D eigenvalue weighted by Crippen LogP contribution is 2.32. The number of thioether (sulfide) groups is 1. The number of hydrogen-bond acceptors (Lipinski definition) is 6. The average Bonchev–Trinajstić information content (AvgIpc) is 3.35. The Morgan fingerprint density at radius 2 is 1.61 bits per heavy atom. The summed E-state index contributed by atoms with van der Waals surface area (Å²) < 4.78 is 41.6. The maximum atomic E-state index is 13.1. The number of hydrogen-bond donors (Lipinski definition) is 0. The minimum atomic E-state index is -4.38. The highest BCUT2D eigenvalue weighted by atomic mass is 32.2. The van der Waals surface area contributed by atoms with E-state index in [1.807, 2.05) is 23.1 Å². The number of nitrogens with zero attached hydrogens (tertiary/aromatic N) is 6. The number of fused-ring (bicyclic) bond motifs is 3. The van der Waals surface area contributed by atoms with E-state index in [0.29, 0.717) is 62.2 Å². The van der Waals surface area contributed by atoms with E-state index in [4.69, 9.17) is 4.98 Å². The van der Waals surface area contributed by atoms with Gasteiger partial charge < -0.3 is 14.4 Å². The molecule has 0 spiro atoms. The van der Waals surface area contributed by atoms with Crippen LogP contribution in [0.4, 0.5) is 18.9 Å². The Morgan fingerprint density at radius 3 is 2.33 bits per heavy atom. The molecular weight excluding hydrogens is 609 g/mol. The van der Waals surface area contributed by atoms with E-state index in [9.17, 15) is 18.0 Å². The molecule has 5 aromatic rings. The summed E-state index contributed by atoms with van der Waals surface area (Å²) in [5.74, 6) is 0.717. The lowest BCUT2D eigenvalue weighted by molar-refractivity contribution is -0.137. The number of piperazine rings is 1. The predicted molar refractivity (Wildman–Crippen MR) is 177 cm³/mol. The van der Waals surface area contributed by atoms with Gasteiger partial charge in [-0.25, -0.2) is 4.98 Å². The third kappa shape index (κ3) is 6.99. The van der Waals surface area contributed by atoms with Crippen LogP contribution >= 0.6 is 11.8 Å². The van der Waals surface area contributed by atoms with E-state index in [0.717, 1.165) is 28.1 Å². The Morgan fingerprint density at radius 1 is 0.870 bits per heavy atom. The molecule has 0 aliphatic carbocycles. The quantitative estimate of drug-likeness (QED) is 0.128. The third-order valence-corrected chi connectivity index (χ3v) is 9.38. The first-order valence-electron chi connectivity index (χ1n) is 15.5. The molecule has 0 bridgehead atoms. The van der Waals surface area contributed by atoms with Gasteiger partial charge in [-0.3, -0.25) is 4.79 Å². The van der Waals surface area contributed by atoms with Crippen LogP contribution in [0.15, 0.2) is 78.0 Å². The summed E-state index contributed by atoms with van der Waals surface area (Å²) in [6.45, 7) is 9.24. The second kappa shape index (κ2) is 12.9. The normalized spacial score (nSPS) is 14.4. The third-order valence-electron chi connectivity index (χ3n) is 8.45. The number of amides is 1. The molecule has 0 atom stereocenters. The molecule has 0 N–H and O–H groups in total. The standard InChI is InChI=1S/C35H37F3N6OS/c1-34(2,3)25-15-13-24(14-16-25)23-44-29-11-5-4-10-28(29)31-32(44)39-33(41-40-31)46-21-7-12-30(45)43-19-17-42(18-20-43)27-9-6-8-26(22-27)35(36,37)38/h4-6,8-11,13-16,22H,7,12,17-21,23H2,1-3H3. The van der Waals surface area contributed by atoms with Gasteiger partial charge in [0.2, 0.25) is 11.1 Å². The van der Waals surface area contributed by atoms with Crippen molar-refractivity contribution < 1.29 is 18.0 Å². The number of rotatable bonds is 8. The van der Waals surface area contributed by atoms with Crippen molar-refractivity contribution in [1.29, 1.82) is 0 Å². The first-order chi connectivity index (χ1) is 22.0. The minimum absolute atomic E-state index is 0.0522. The lowest BCUT2D eigenvalue weighted by Gasteiger charge is -2.36. The summed E-state index contributed by atoms with van der Waals surface area (Å²) in [4.78, 5) is 21.5. The molecule has 11 heteroatoms. The molecule has 1 saturated heterocycles. The van der Waals surface area contributed by atoms with Gasteiger partial charge in [-0.15, -0.1) is 10.2 Å². The molecule has 0 saturated carbocycles. The van der Waals surface area contributed by atoms with Gasteiger partial charge in [0.25, 0.3) is 0 Å². The average molecular weight is 647 g/mol. The van der Waals surface area contributed by atoms with Gasteiger partial charge in [0.1, 0.15) is 5.52 Å². The molecule has 0 radical (unpaired) electrons. The van der Waals surface area contributed by atoms with Crippen LogP contribution in [-0.2, 0) is 22.9 Å². The monoisotopic (exact) mass is 646 g/mol. The Balaban J connectivity index is 1.06. The van der Waals surface area contributed by atoms with Gasteiger partial charge in [0.05, 0.1) is 11.1 Å². The highest BCUT2D eigenvalue weighted by molar-refractivity contribution is 7.99. The van der Waals surface area contributed by atoms with Gasteiger partial charge in [0, 0.05) is 56.0 Å². The van der Waals surface area contributed by atoms with E-state index < -0.39 is 11.7 Å². The number of alkyl halides is 3. The maximum Gasteiger partial charge on any atom is 0.416 e. The van der Waals surface area contributed by atoms with Crippen LogP contribution in [0.5, 0.6) is 0 Å². The zero-order valence-electron chi connectivity index (χ0n) is 26.2. The fraction of sp³-hybridized carbons (Fsp3) is 0.371. The molecule has 6 rings (SSSR count). The van der Waals surface area contributed by atoms with Crippen molar-refractivity contribution in [3.63, 3.8) is 0 Å². The molecule has 7 nitrogen and oxygen atoms in total. The van der Waals surface area contributed by atoms with Crippen molar-refractivity contribution in [2.24, 2.45) is 0 Å². The van der Waals surface area contributed by atoms with Crippen LogP contribution in [0.2, 0.25) is 0 Å². The number of benzene rings is 3. The first kappa shape index (κ1) is 31.8. The summed E-state index contributed by atoms with van der Waals surface area (Å²) in [7, 11) is 0. The Labute approximate surface area is 270 Å². The van der Waals surface area contributed by atoms with E-state index in [2.05, 4.69) is 65.9 Å². The fourth-order valence-corrected chi connectivity index (χ4v) is 6.56. The molecule has 3 heterocycles. The summed E-state index contributed by atoms with van der Waals surface area (Å²) in [5, 5.41) is 10.5. The zero-order chi connectivity index (χ0) is 32.5. The molecule has 46 heavy (non-hydrogen) atoms. The first-order valence-corrected chi connectivity index (χ1v) is 16.5. The molecule has 0 unspecified atom stereocenters. The number of halogens is 3. The molecule has 1 aliphatic heterocycles. The van der Waals surface area contributed by atoms with Crippen molar-refractivity contribution in [1.82, 2.24) is 24.6 Å². The van der Waals surface area contributed by atoms with Gasteiger partial charge in [-0.2, -0.15) is 13.2 Å². The van der Waals surface area contributed by atoms with Gasteiger partial charge >= 0.3 is 6.18 Å². The van der Waals surface area contributed by atoms with Crippen LogP contribution in [0.3, 0.4) is 0 Å². The topological polar surface area (TPSA) is 67.2 Å². The van der Waals surface area contributed by atoms with Crippen molar-refractivity contribution in [2.75, 3.05) is 36.8 Å². The van der Waals surface area contributed by atoms with Gasteiger partial charge in [-0.05, 0) is 47.2 Å². The number of aromatic nitrogens is 4. The SMILES string of the molecule is CC(C)(C)c1ccc(Cn2c3ccccc3c3nnc(SCCCC(=O)N4CCN(c5cccc(C(F)(F)F)c5)CC4)nc32)cc1.